The molecule has 0 fully saturated rings. The highest BCUT2D eigenvalue weighted by Crippen LogP contribution is 2.35. The molecule has 2 rings (SSSR count). The van der Waals surface area contributed by atoms with E-state index in [-0.39, 0.29) is 43.3 Å². The lowest BCUT2D eigenvalue weighted by Crippen LogP contribution is -2.25. The van der Waals surface area contributed by atoms with E-state index in [0.717, 1.165) is 17.7 Å². The van der Waals surface area contributed by atoms with Gasteiger partial charge < -0.3 is 14.2 Å². The van der Waals surface area contributed by atoms with Crippen LogP contribution in [0.15, 0.2) is 48.6 Å². The van der Waals surface area contributed by atoms with E-state index < -0.39 is 29.3 Å². The van der Waals surface area contributed by atoms with Gasteiger partial charge in [0, 0.05) is 12.0 Å². The van der Waals surface area contributed by atoms with Crippen LogP contribution in [0.1, 0.15) is 62.6 Å². The van der Waals surface area contributed by atoms with Gasteiger partial charge in [-0.05, 0) is 80.8 Å². The van der Waals surface area contributed by atoms with Crippen molar-refractivity contribution in [2.75, 3.05) is 13.2 Å². The quantitative estimate of drug-likeness (QED) is 0.111. The van der Waals surface area contributed by atoms with Crippen LogP contribution < -0.4 is 4.74 Å². The van der Waals surface area contributed by atoms with E-state index in [1.165, 1.54) is 12.1 Å². The highest BCUT2D eigenvalue weighted by Gasteiger charge is 2.41. The Bertz CT molecular complexity index is 1040. The standard InChI is InChI=1S/C28H32F4O5/c1-4-25(33)35-15-7-6-10-21-17-23(29)26(24(30)18-21)28(31,32)37-22-13-11-20(12-14-22)9-5-8-16-36-27(34)19(2)3/h11-14,17-18H,2,4-10,15-16H2,1,3H3. The van der Waals surface area contributed by atoms with Gasteiger partial charge in [-0.2, -0.15) is 8.78 Å². The van der Waals surface area contributed by atoms with Crippen LogP contribution in [0, 0.1) is 11.6 Å². The summed E-state index contributed by atoms with van der Waals surface area (Å²) in [5.41, 5.74) is -0.0730. The number of alkyl halides is 2. The summed E-state index contributed by atoms with van der Waals surface area (Å²) in [4.78, 5) is 22.4. The lowest BCUT2D eigenvalue weighted by atomic mass is 10.0. The van der Waals surface area contributed by atoms with Gasteiger partial charge in [0.2, 0.25) is 0 Å². The molecule has 0 spiro atoms. The molecule has 0 atom stereocenters. The number of hydrogen-bond donors (Lipinski definition) is 0. The first kappa shape index (κ1) is 29.9. The Morgan fingerprint density at radius 2 is 1.41 bits per heavy atom. The van der Waals surface area contributed by atoms with Crippen LogP contribution in [-0.4, -0.2) is 25.2 Å². The second-order valence-corrected chi connectivity index (χ2v) is 8.60. The van der Waals surface area contributed by atoms with Crippen LogP contribution in [0.5, 0.6) is 5.75 Å². The third-order valence-electron chi connectivity index (χ3n) is 5.42. The fourth-order valence-electron chi connectivity index (χ4n) is 3.41. The first-order valence-electron chi connectivity index (χ1n) is 12.2. The lowest BCUT2D eigenvalue weighted by Gasteiger charge is -2.20. The van der Waals surface area contributed by atoms with E-state index in [4.69, 9.17) is 9.47 Å². The van der Waals surface area contributed by atoms with Gasteiger partial charge >= 0.3 is 18.0 Å². The maximum Gasteiger partial charge on any atom is 0.432 e. The second kappa shape index (κ2) is 14.4. The molecule has 0 radical (unpaired) electrons. The largest absolute Gasteiger partial charge is 0.466 e. The molecule has 2 aromatic rings. The Balaban J connectivity index is 1.89. The van der Waals surface area contributed by atoms with Crippen LogP contribution in [-0.2, 0) is 38.0 Å². The highest BCUT2D eigenvalue weighted by molar-refractivity contribution is 5.86. The Hall–Kier alpha value is -3.36. The molecule has 0 amide bonds. The summed E-state index contributed by atoms with van der Waals surface area (Å²) in [5.74, 6) is -3.83. The SMILES string of the molecule is C=C(C)C(=O)OCCCCc1ccc(OC(F)(F)c2c(F)cc(CCCCOC(=O)CC)cc2F)cc1. The monoisotopic (exact) mass is 524 g/mol. The zero-order valence-electron chi connectivity index (χ0n) is 21.1. The topological polar surface area (TPSA) is 61.8 Å². The van der Waals surface area contributed by atoms with Gasteiger partial charge in [0.1, 0.15) is 22.9 Å². The van der Waals surface area contributed by atoms with E-state index in [2.05, 4.69) is 11.3 Å². The molecule has 0 bridgehead atoms. The molecule has 2 aromatic carbocycles. The van der Waals surface area contributed by atoms with E-state index >= 15 is 0 Å². The summed E-state index contributed by atoms with van der Waals surface area (Å²) >= 11 is 0. The average molecular weight is 525 g/mol. The molecule has 0 heterocycles. The van der Waals surface area contributed by atoms with Gasteiger partial charge in [-0.25, -0.2) is 13.6 Å². The lowest BCUT2D eigenvalue weighted by molar-refractivity contribution is -0.189. The van der Waals surface area contributed by atoms with Gasteiger partial charge in [0.15, 0.2) is 0 Å². The van der Waals surface area contributed by atoms with Crippen LogP contribution in [0.25, 0.3) is 0 Å². The molecule has 0 unspecified atom stereocenters. The number of aryl methyl sites for hydroxylation is 2. The van der Waals surface area contributed by atoms with Gasteiger partial charge in [0.05, 0.1) is 13.2 Å². The number of esters is 2. The Morgan fingerprint density at radius 1 is 0.865 bits per heavy atom. The predicted molar refractivity (Wildman–Crippen MR) is 130 cm³/mol. The van der Waals surface area contributed by atoms with Gasteiger partial charge in [-0.3, -0.25) is 4.79 Å². The van der Waals surface area contributed by atoms with Crippen molar-refractivity contribution in [2.45, 2.75) is 64.9 Å². The van der Waals surface area contributed by atoms with Crippen LogP contribution in [0.3, 0.4) is 0 Å². The molecule has 0 saturated heterocycles. The van der Waals surface area contributed by atoms with E-state index in [9.17, 15) is 27.2 Å². The minimum absolute atomic E-state index is 0.186. The average Bonchev–Trinajstić information content (AvgIpc) is 2.83. The highest BCUT2D eigenvalue weighted by atomic mass is 19.3. The van der Waals surface area contributed by atoms with Crippen molar-refractivity contribution in [3.63, 3.8) is 0 Å². The molecule has 0 aromatic heterocycles. The Morgan fingerprint density at radius 3 is 1.95 bits per heavy atom. The van der Waals surface area contributed by atoms with E-state index in [1.807, 2.05) is 0 Å². The smallest absolute Gasteiger partial charge is 0.432 e. The van der Waals surface area contributed by atoms with Crippen molar-refractivity contribution in [1.82, 2.24) is 0 Å². The summed E-state index contributed by atoms with van der Waals surface area (Å²) < 4.78 is 72.9. The van der Waals surface area contributed by atoms with Crippen molar-refractivity contribution < 1.29 is 41.4 Å². The first-order chi connectivity index (χ1) is 17.5. The predicted octanol–water partition coefficient (Wildman–Crippen LogP) is 6.81. The van der Waals surface area contributed by atoms with Gasteiger partial charge in [-0.15, -0.1) is 0 Å². The zero-order valence-corrected chi connectivity index (χ0v) is 21.1. The molecule has 37 heavy (non-hydrogen) atoms. The second-order valence-electron chi connectivity index (χ2n) is 8.60. The van der Waals surface area contributed by atoms with E-state index in [1.54, 1.807) is 26.0 Å². The molecule has 202 valence electrons. The van der Waals surface area contributed by atoms with Crippen LogP contribution in [0.2, 0.25) is 0 Å². The molecular weight excluding hydrogens is 492 g/mol. The van der Waals surface area contributed by atoms with E-state index in [0.29, 0.717) is 37.7 Å². The van der Waals surface area contributed by atoms with Crippen LogP contribution >= 0.6 is 0 Å². The van der Waals surface area contributed by atoms with Gasteiger partial charge in [0.25, 0.3) is 0 Å². The summed E-state index contributed by atoms with van der Waals surface area (Å²) in [6.45, 7) is 7.17. The van der Waals surface area contributed by atoms with Crippen molar-refractivity contribution in [2.24, 2.45) is 0 Å². The fourth-order valence-corrected chi connectivity index (χ4v) is 3.41. The summed E-state index contributed by atoms with van der Waals surface area (Å²) in [6.07, 6.45) is -0.843. The third-order valence-corrected chi connectivity index (χ3v) is 5.42. The number of benzene rings is 2. The number of halogens is 4. The van der Waals surface area contributed by atoms with Crippen molar-refractivity contribution in [3.05, 3.63) is 76.9 Å². The summed E-state index contributed by atoms with van der Waals surface area (Å²) in [7, 11) is 0. The number of rotatable bonds is 15. The molecular formula is C28H32F4O5. The molecule has 0 N–H and O–H groups in total. The maximum atomic E-state index is 14.7. The number of carbonyl (C=O) groups excluding carboxylic acids is 2. The number of ether oxygens (including phenoxy) is 3. The maximum absolute atomic E-state index is 14.7. The first-order valence-corrected chi connectivity index (χ1v) is 12.2. The zero-order chi connectivity index (χ0) is 27.4. The van der Waals surface area contributed by atoms with Gasteiger partial charge in [-0.1, -0.05) is 25.6 Å². The summed E-state index contributed by atoms with van der Waals surface area (Å²) in [5, 5.41) is 0. The van der Waals surface area contributed by atoms with Crippen molar-refractivity contribution >= 4 is 11.9 Å². The van der Waals surface area contributed by atoms with Crippen molar-refractivity contribution in [3.8, 4) is 5.75 Å². The molecule has 0 aliphatic heterocycles. The fraction of sp³-hybridized carbons (Fsp3) is 0.429. The Labute approximate surface area is 214 Å². The molecule has 0 aliphatic carbocycles. The minimum atomic E-state index is -4.23. The number of unbranched alkanes of at least 4 members (excludes halogenated alkanes) is 2. The number of hydrogen-bond acceptors (Lipinski definition) is 5. The van der Waals surface area contributed by atoms with Crippen molar-refractivity contribution in [1.29, 1.82) is 0 Å². The third kappa shape index (κ3) is 9.90. The summed E-state index contributed by atoms with van der Waals surface area (Å²) in [6, 6.07) is 7.51. The molecule has 0 aliphatic rings. The molecule has 5 nitrogen and oxygen atoms in total. The number of carbonyl (C=O) groups is 2. The minimum Gasteiger partial charge on any atom is -0.466 e. The molecule has 0 saturated carbocycles. The van der Waals surface area contributed by atoms with Crippen LogP contribution in [0.4, 0.5) is 17.6 Å². The normalized spacial score (nSPS) is 11.2. The Kier molecular flexibility index (Phi) is 11.6. The molecule has 9 heteroatoms.